The summed E-state index contributed by atoms with van der Waals surface area (Å²) in [5.41, 5.74) is 1.29. The third-order valence-electron chi connectivity index (χ3n) is 13.5. The van der Waals surface area contributed by atoms with Gasteiger partial charge in [0.25, 0.3) is 10.0 Å². The number of urea groups is 1. The van der Waals surface area contributed by atoms with Gasteiger partial charge in [-0.3, -0.25) is 0 Å². The van der Waals surface area contributed by atoms with Crippen molar-refractivity contribution < 1.29 is 18.3 Å². The fourth-order valence-corrected chi connectivity index (χ4v) is 11.9. The van der Waals surface area contributed by atoms with Gasteiger partial charge in [0.05, 0.1) is 11.5 Å². The molecule has 0 radical (unpaired) electrons. The number of aliphatic hydroxyl groups is 1. The van der Waals surface area contributed by atoms with Gasteiger partial charge in [-0.05, 0) is 121 Å². The second-order valence-electron chi connectivity index (χ2n) is 16.1. The molecule has 4 aliphatic carbocycles. The van der Waals surface area contributed by atoms with Crippen LogP contribution < -0.4 is 10.0 Å². The molecular formula is C36H58N2O4S. The van der Waals surface area contributed by atoms with Crippen molar-refractivity contribution in [2.24, 2.45) is 52.3 Å². The highest BCUT2D eigenvalue weighted by atomic mass is 32.2. The summed E-state index contributed by atoms with van der Waals surface area (Å²) < 4.78 is 27.8. The van der Waals surface area contributed by atoms with Gasteiger partial charge in [-0.2, -0.15) is 0 Å². The normalized spacial score (nSPS) is 36.6. The van der Waals surface area contributed by atoms with Crippen molar-refractivity contribution in [1.29, 1.82) is 0 Å². The zero-order chi connectivity index (χ0) is 31.2. The van der Waals surface area contributed by atoms with E-state index >= 15 is 0 Å². The van der Waals surface area contributed by atoms with Gasteiger partial charge < -0.3 is 10.4 Å². The molecule has 4 saturated carbocycles. The van der Waals surface area contributed by atoms with Crippen molar-refractivity contribution in [2.75, 3.05) is 13.2 Å². The van der Waals surface area contributed by atoms with E-state index in [2.05, 4.69) is 37.7 Å². The molecule has 6 nitrogen and oxygen atoms in total. The third-order valence-corrected chi connectivity index (χ3v) is 14.8. The molecule has 1 aromatic rings. The van der Waals surface area contributed by atoms with E-state index < -0.39 is 21.5 Å². The quantitative estimate of drug-likeness (QED) is 0.266. The van der Waals surface area contributed by atoms with Crippen molar-refractivity contribution >= 4 is 16.1 Å². The zero-order valence-corrected chi connectivity index (χ0v) is 28.4. The van der Waals surface area contributed by atoms with E-state index in [1.807, 2.05) is 13.8 Å². The lowest BCUT2D eigenvalue weighted by Crippen LogP contribution is -2.55. The van der Waals surface area contributed by atoms with Gasteiger partial charge in [0.15, 0.2) is 0 Å². The number of carbonyl (C=O) groups is 1. The van der Waals surface area contributed by atoms with Gasteiger partial charge in [0, 0.05) is 12.0 Å². The van der Waals surface area contributed by atoms with E-state index in [0.29, 0.717) is 29.2 Å². The highest BCUT2D eigenvalue weighted by Crippen LogP contribution is 2.69. The Labute approximate surface area is 261 Å². The summed E-state index contributed by atoms with van der Waals surface area (Å²) in [4.78, 5) is 12.7. The Balaban J connectivity index is 1.16. The molecule has 5 rings (SSSR count). The van der Waals surface area contributed by atoms with Crippen LogP contribution in [0.5, 0.6) is 0 Å². The first kappa shape index (κ1) is 32.8. The molecule has 9 atom stereocenters. The maximum atomic E-state index is 12.8. The fraction of sp³-hybridized carbons (Fsp3) is 0.806. The molecule has 3 N–H and O–H groups in total. The van der Waals surface area contributed by atoms with Gasteiger partial charge in [-0.25, -0.2) is 17.9 Å². The minimum Gasteiger partial charge on any atom is -0.395 e. The standard InChI is InChI=1S/C36H58N2O4S/c1-7-25-22-28-31-16-15-29(36(31,6)20-17-32(28)35(5)19-9-8-10-30(25)35)24(2)18-21-37-33(40)38-43(41,42)27-13-11-26(12-14-27)34(3,4)23-39/h11-14,24-25,28-32,39H,7-10,15-23H2,1-6H3,(H2,37,38,40)/t24-,25+,28+,29?,30+,31?,32+,35+,36-/m1/s1. The lowest BCUT2D eigenvalue weighted by Gasteiger charge is -2.63. The van der Waals surface area contributed by atoms with E-state index in [0.717, 1.165) is 41.6 Å². The fourth-order valence-electron chi connectivity index (χ4n) is 11.0. The molecule has 4 aliphatic rings. The van der Waals surface area contributed by atoms with Gasteiger partial charge in [0.2, 0.25) is 0 Å². The predicted octanol–water partition coefficient (Wildman–Crippen LogP) is 7.66. The largest absolute Gasteiger partial charge is 0.395 e. The highest BCUT2D eigenvalue weighted by Gasteiger charge is 2.61. The second-order valence-corrected chi connectivity index (χ2v) is 17.7. The molecule has 2 amide bonds. The van der Waals surface area contributed by atoms with Gasteiger partial charge in [-0.1, -0.05) is 72.9 Å². The molecule has 0 bridgehead atoms. The number of rotatable bonds is 9. The summed E-state index contributed by atoms with van der Waals surface area (Å²) in [6.07, 6.45) is 14.8. The minimum absolute atomic E-state index is 0.0375. The summed E-state index contributed by atoms with van der Waals surface area (Å²) in [7, 11) is -3.98. The molecule has 7 heteroatoms. The molecule has 1 aromatic carbocycles. The van der Waals surface area contributed by atoms with Crippen LogP contribution in [0.25, 0.3) is 0 Å². The number of aliphatic hydroxyl groups excluding tert-OH is 1. The maximum Gasteiger partial charge on any atom is 0.328 e. The summed E-state index contributed by atoms with van der Waals surface area (Å²) >= 11 is 0. The third kappa shape index (κ3) is 6.03. The van der Waals surface area contributed by atoms with E-state index in [9.17, 15) is 18.3 Å². The molecular weight excluding hydrogens is 556 g/mol. The maximum absolute atomic E-state index is 12.8. The first-order valence-electron chi connectivity index (χ1n) is 17.3. The summed E-state index contributed by atoms with van der Waals surface area (Å²) in [5.74, 6) is 5.57. The Morgan fingerprint density at radius 1 is 1.00 bits per heavy atom. The Bertz CT molecular complexity index is 1250. The highest BCUT2D eigenvalue weighted by molar-refractivity contribution is 7.90. The first-order valence-corrected chi connectivity index (χ1v) is 18.8. The average Bonchev–Trinajstić information content (AvgIpc) is 3.33. The van der Waals surface area contributed by atoms with Crippen LogP contribution in [0.4, 0.5) is 4.79 Å². The van der Waals surface area contributed by atoms with Crippen LogP contribution in [0.1, 0.15) is 118 Å². The molecule has 0 saturated heterocycles. The van der Waals surface area contributed by atoms with Crippen molar-refractivity contribution in [3.05, 3.63) is 29.8 Å². The molecule has 0 spiro atoms. The van der Waals surface area contributed by atoms with Crippen LogP contribution in [0.2, 0.25) is 0 Å². The number of hydrogen-bond acceptors (Lipinski definition) is 4. The van der Waals surface area contributed by atoms with Crippen molar-refractivity contribution in [2.45, 2.75) is 122 Å². The van der Waals surface area contributed by atoms with E-state index in [1.165, 1.54) is 76.3 Å². The monoisotopic (exact) mass is 614 g/mol. The van der Waals surface area contributed by atoms with Crippen molar-refractivity contribution in [1.82, 2.24) is 10.0 Å². The summed E-state index contributed by atoms with van der Waals surface area (Å²) in [6, 6.07) is 5.68. The predicted molar refractivity (Wildman–Crippen MR) is 173 cm³/mol. The lowest BCUT2D eigenvalue weighted by molar-refractivity contribution is -0.138. The molecule has 43 heavy (non-hydrogen) atoms. The van der Waals surface area contributed by atoms with Crippen LogP contribution in [-0.4, -0.2) is 32.7 Å². The molecule has 0 aromatic heterocycles. The van der Waals surface area contributed by atoms with Crippen molar-refractivity contribution in [3.8, 4) is 0 Å². The first-order chi connectivity index (χ1) is 20.3. The van der Waals surface area contributed by atoms with Crippen LogP contribution in [0.15, 0.2) is 29.2 Å². The smallest absolute Gasteiger partial charge is 0.328 e. The molecule has 0 aliphatic heterocycles. The number of sulfonamides is 1. The molecule has 2 unspecified atom stereocenters. The van der Waals surface area contributed by atoms with Gasteiger partial charge in [-0.15, -0.1) is 0 Å². The SMILES string of the molecule is CC[C@H]1C[C@H]2C3CCC([C@H](C)CCNC(=O)NS(=O)(=O)c4ccc(C(C)(C)CO)cc4)[C@@]3(C)CC[C@@H]2[C@@]2(C)CCCC[C@@H]12. The van der Waals surface area contributed by atoms with Crippen molar-refractivity contribution in [3.63, 3.8) is 0 Å². The van der Waals surface area contributed by atoms with Crippen LogP contribution >= 0.6 is 0 Å². The molecule has 4 fully saturated rings. The Hall–Kier alpha value is -1.60. The van der Waals surface area contributed by atoms with E-state index in [-0.39, 0.29) is 11.5 Å². The number of hydrogen-bond donors (Lipinski definition) is 3. The van der Waals surface area contributed by atoms with E-state index in [4.69, 9.17) is 0 Å². The number of nitrogens with one attached hydrogen (secondary N) is 2. The number of carbonyl (C=O) groups excluding carboxylic acids is 1. The number of amides is 2. The van der Waals surface area contributed by atoms with E-state index in [1.54, 1.807) is 12.1 Å². The molecule has 242 valence electrons. The average molecular weight is 615 g/mol. The minimum atomic E-state index is -3.98. The topological polar surface area (TPSA) is 95.5 Å². The van der Waals surface area contributed by atoms with Crippen LogP contribution in [0.3, 0.4) is 0 Å². The lowest BCUT2D eigenvalue weighted by atomic mass is 9.42. The van der Waals surface area contributed by atoms with Crippen LogP contribution in [-0.2, 0) is 15.4 Å². The van der Waals surface area contributed by atoms with Gasteiger partial charge >= 0.3 is 6.03 Å². The van der Waals surface area contributed by atoms with Gasteiger partial charge in [0.1, 0.15) is 0 Å². The van der Waals surface area contributed by atoms with Crippen LogP contribution in [0, 0.1) is 52.3 Å². The number of benzene rings is 1. The molecule has 0 heterocycles. The number of fused-ring (bicyclic) bond motifs is 5. The Morgan fingerprint density at radius 3 is 2.37 bits per heavy atom. The second kappa shape index (κ2) is 12.3. The Kier molecular flexibility index (Phi) is 9.38. The summed E-state index contributed by atoms with van der Waals surface area (Å²) in [5, 5.41) is 12.4. The Morgan fingerprint density at radius 2 is 1.70 bits per heavy atom. The summed E-state index contributed by atoms with van der Waals surface area (Å²) in [6.45, 7) is 14.3. The zero-order valence-electron chi connectivity index (χ0n) is 27.6.